The fraction of sp³-hybridized carbons (Fsp3) is 0.435. The highest BCUT2D eigenvalue weighted by Crippen LogP contribution is 2.43. The van der Waals surface area contributed by atoms with E-state index in [1.54, 1.807) is 17.7 Å². The zero-order valence-electron chi connectivity index (χ0n) is 18.0. The standard InChI is InChI=1S/C23H26FN5O3/c1-31-11-12-32-18-7-6-15(24)13-16(18)17-3-2-9-28(17)19-8-10-29-23(26-19)20(22(25)30)21(27-29)14-4-5-14/h6-8,10,13-14,17H,2-5,9,11-12H2,1H3,(H2,25,30). The van der Waals surface area contributed by atoms with Crippen LogP contribution in [0.2, 0.25) is 0 Å². The number of anilines is 1. The Hall–Kier alpha value is -3.20. The molecule has 1 amide bonds. The van der Waals surface area contributed by atoms with Gasteiger partial charge < -0.3 is 20.1 Å². The maximum atomic E-state index is 14.2. The van der Waals surface area contributed by atoms with Gasteiger partial charge in [0.1, 0.15) is 29.6 Å². The number of rotatable bonds is 8. The van der Waals surface area contributed by atoms with Crippen LogP contribution in [0.1, 0.15) is 59.3 Å². The Morgan fingerprint density at radius 3 is 2.84 bits per heavy atom. The number of hydrogen-bond acceptors (Lipinski definition) is 6. The molecule has 0 spiro atoms. The molecule has 1 aromatic carbocycles. The van der Waals surface area contributed by atoms with Gasteiger partial charge in [0.2, 0.25) is 0 Å². The van der Waals surface area contributed by atoms with E-state index in [1.807, 2.05) is 12.3 Å². The summed E-state index contributed by atoms with van der Waals surface area (Å²) < 4.78 is 26.7. The largest absolute Gasteiger partial charge is 0.491 e. The normalized spacial score (nSPS) is 18.4. The highest BCUT2D eigenvalue weighted by Gasteiger charge is 2.34. The Morgan fingerprint density at radius 1 is 1.25 bits per heavy atom. The first-order valence-electron chi connectivity index (χ1n) is 10.9. The third-order valence-electron chi connectivity index (χ3n) is 6.13. The average Bonchev–Trinajstić information content (AvgIpc) is 3.38. The molecule has 3 heterocycles. The van der Waals surface area contributed by atoms with Gasteiger partial charge in [0.25, 0.3) is 5.91 Å². The summed E-state index contributed by atoms with van der Waals surface area (Å²) in [6, 6.07) is 6.38. The van der Waals surface area contributed by atoms with Gasteiger partial charge in [0.15, 0.2) is 5.65 Å². The minimum atomic E-state index is -0.511. The Balaban J connectivity index is 1.52. The first kappa shape index (κ1) is 20.7. The molecule has 2 aromatic heterocycles. The number of aromatic nitrogens is 3. The second kappa shape index (κ2) is 8.38. The first-order chi connectivity index (χ1) is 15.6. The summed E-state index contributed by atoms with van der Waals surface area (Å²) >= 11 is 0. The van der Waals surface area contributed by atoms with Crippen molar-refractivity contribution in [3.05, 3.63) is 53.1 Å². The lowest BCUT2D eigenvalue weighted by Gasteiger charge is -2.27. The summed E-state index contributed by atoms with van der Waals surface area (Å²) in [7, 11) is 1.61. The topological polar surface area (TPSA) is 95.0 Å². The van der Waals surface area contributed by atoms with Gasteiger partial charge in [-0.1, -0.05) is 0 Å². The fourth-order valence-electron chi connectivity index (χ4n) is 4.49. The average molecular weight is 439 g/mol. The molecule has 0 bridgehead atoms. The Labute approximate surface area is 185 Å². The van der Waals surface area contributed by atoms with Crippen molar-refractivity contribution in [1.82, 2.24) is 14.6 Å². The van der Waals surface area contributed by atoms with Crippen molar-refractivity contribution in [3.8, 4) is 5.75 Å². The van der Waals surface area contributed by atoms with Crippen LogP contribution < -0.4 is 15.4 Å². The maximum Gasteiger partial charge on any atom is 0.254 e. The van der Waals surface area contributed by atoms with E-state index in [4.69, 9.17) is 20.2 Å². The van der Waals surface area contributed by atoms with Crippen molar-refractivity contribution in [2.75, 3.05) is 31.8 Å². The highest BCUT2D eigenvalue weighted by molar-refractivity contribution is 6.00. The summed E-state index contributed by atoms with van der Waals surface area (Å²) in [5, 5.41) is 4.56. The van der Waals surface area contributed by atoms with E-state index in [1.165, 1.54) is 12.1 Å². The van der Waals surface area contributed by atoms with Gasteiger partial charge in [-0.15, -0.1) is 0 Å². The zero-order chi connectivity index (χ0) is 22.2. The van der Waals surface area contributed by atoms with Crippen molar-refractivity contribution in [3.63, 3.8) is 0 Å². The number of ether oxygens (including phenoxy) is 2. The Kier molecular flexibility index (Phi) is 5.42. The van der Waals surface area contributed by atoms with Gasteiger partial charge in [-0.2, -0.15) is 5.10 Å². The molecule has 1 saturated carbocycles. The minimum Gasteiger partial charge on any atom is -0.491 e. The quantitative estimate of drug-likeness (QED) is 0.542. The second-order valence-corrected chi connectivity index (χ2v) is 8.33. The van der Waals surface area contributed by atoms with Crippen LogP contribution in [0.5, 0.6) is 5.75 Å². The van der Waals surface area contributed by atoms with Crippen LogP contribution in [0.4, 0.5) is 10.2 Å². The molecule has 168 valence electrons. The summed E-state index contributed by atoms with van der Waals surface area (Å²) in [6.45, 7) is 1.59. The van der Waals surface area contributed by atoms with Gasteiger partial charge in [-0.05, 0) is 49.9 Å². The molecule has 1 atom stereocenters. The van der Waals surface area contributed by atoms with Gasteiger partial charge in [-0.25, -0.2) is 13.9 Å². The van der Waals surface area contributed by atoms with Gasteiger partial charge >= 0.3 is 0 Å². The van der Waals surface area contributed by atoms with E-state index in [2.05, 4.69) is 10.00 Å². The molecule has 2 N–H and O–H groups in total. The number of benzene rings is 1. The third-order valence-corrected chi connectivity index (χ3v) is 6.13. The number of carbonyl (C=O) groups is 1. The number of amides is 1. The molecule has 2 fully saturated rings. The molecule has 1 aliphatic carbocycles. The van der Waals surface area contributed by atoms with Crippen LogP contribution in [0, 0.1) is 5.82 Å². The second-order valence-electron chi connectivity index (χ2n) is 8.33. The van der Waals surface area contributed by atoms with Crippen LogP contribution in [0.15, 0.2) is 30.5 Å². The number of hydrogen-bond donors (Lipinski definition) is 1. The zero-order valence-corrected chi connectivity index (χ0v) is 18.0. The van der Waals surface area contributed by atoms with Crippen LogP contribution in [0.3, 0.4) is 0 Å². The van der Waals surface area contributed by atoms with E-state index >= 15 is 0 Å². The van der Waals surface area contributed by atoms with Crippen molar-refractivity contribution in [1.29, 1.82) is 0 Å². The highest BCUT2D eigenvalue weighted by atomic mass is 19.1. The SMILES string of the molecule is COCCOc1ccc(F)cc1C1CCCN1c1ccn2nc(C3CC3)c(C(N)=O)c2n1. The number of fused-ring (bicyclic) bond motifs is 1. The number of carbonyl (C=O) groups excluding carboxylic acids is 1. The molecule has 3 aromatic rings. The third kappa shape index (κ3) is 3.77. The molecule has 1 saturated heterocycles. The predicted octanol–water partition coefficient (Wildman–Crippen LogP) is 3.21. The molecule has 1 aliphatic heterocycles. The first-order valence-corrected chi connectivity index (χ1v) is 10.9. The van der Waals surface area contributed by atoms with Crippen molar-refractivity contribution >= 4 is 17.4 Å². The molecule has 9 heteroatoms. The lowest BCUT2D eigenvalue weighted by atomic mass is 10.0. The van der Waals surface area contributed by atoms with Crippen LogP contribution >= 0.6 is 0 Å². The van der Waals surface area contributed by atoms with Crippen molar-refractivity contribution in [2.45, 2.75) is 37.6 Å². The monoisotopic (exact) mass is 439 g/mol. The number of primary amides is 1. The van der Waals surface area contributed by atoms with E-state index in [0.717, 1.165) is 43.5 Å². The summed E-state index contributed by atoms with van der Waals surface area (Å²) in [6.07, 6.45) is 5.60. The molecule has 32 heavy (non-hydrogen) atoms. The maximum absolute atomic E-state index is 14.2. The molecule has 8 nitrogen and oxygen atoms in total. The Morgan fingerprint density at radius 2 is 2.09 bits per heavy atom. The summed E-state index contributed by atoms with van der Waals surface area (Å²) in [5.41, 5.74) is 8.08. The number of methoxy groups -OCH3 is 1. The minimum absolute atomic E-state index is 0.0963. The van der Waals surface area contributed by atoms with E-state index in [0.29, 0.717) is 36.0 Å². The molecule has 5 rings (SSSR count). The lowest BCUT2D eigenvalue weighted by Crippen LogP contribution is -2.25. The molecular weight excluding hydrogens is 413 g/mol. The Bertz CT molecular complexity index is 1160. The van der Waals surface area contributed by atoms with E-state index in [9.17, 15) is 9.18 Å². The lowest BCUT2D eigenvalue weighted by molar-refractivity contribution is 0.100. The van der Waals surface area contributed by atoms with Crippen LogP contribution in [-0.4, -0.2) is 47.4 Å². The smallest absolute Gasteiger partial charge is 0.254 e. The molecule has 2 aliphatic rings. The van der Waals surface area contributed by atoms with Crippen molar-refractivity contribution in [2.24, 2.45) is 5.73 Å². The van der Waals surface area contributed by atoms with Crippen LogP contribution in [-0.2, 0) is 4.74 Å². The fourth-order valence-corrected chi connectivity index (χ4v) is 4.49. The van der Waals surface area contributed by atoms with Crippen molar-refractivity contribution < 1.29 is 18.7 Å². The molecule has 1 unspecified atom stereocenters. The number of nitrogens with zero attached hydrogens (tertiary/aromatic N) is 4. The molecular formula is C23H26FN5O3. The molecule has 0 radical (unpaired) electrons. The van der Waals surface area contributed by atoms with Crippen LogP contribution in [0.25, 0.3) is 5.65 Å². The van der Waals surface area contributed by atoms with Gasteiger partial charge in [-0.3, -0.25) is 4.79 Å². The summed E-state index contributed by atoms with van der Waals surface area (Å²) in [4.78, 5) is 19.1. The predicted molar refractivity (Wildman–Crippen MR) is 117 cm³/mol. The number of halogens is 1. The van der Waals surface area contributed by atoms with Gasteiger partial charge in [0.05, 0.1) is 18.3 Å². The van der Waals surface area contributed by atoms with Gasteiger partial charge in [0, 0.05) is 31.3 Å². The van der Waals surface area contributed by atoms with E-state index in [-0.39, 0.29) is 17.8 Å². The summed E-state index contributed by atoms with van der Waals surface area (Å²) in [5.74, 6) is 0.802. The van der Waals surface area contributed by atoms with E-state index < -0.39 is 5.91 Å². The number of nitrogens with two attached hydrogens (primary N) is 1.